The lowest BCUT2D eigenvalue weighted by molar-refractivity contribution is -0.121. The topological polar surface area (TPSA) is 84.3 Å². The van der Waals surface area contributed by atoms with E-state index in [2.05, 4.69) is 10.3 Å². The highest BCUT2D eigenvalue weighted by molar-refractivity contribution is 5.76. The summed E-state index contributed by atoms with van der Waals surface area (Å²) in [6, 6.07) is 13.2. The molecule has 0 saturated carbocycles. The van der Waals surface area contributed by atoms with Crippen molar-refractivity contribution >= 4 is 17.0 Å². The van der Waals surface area contributed by atoms with Crippen LogP contribution in [0.2, 0.25) is 0 Å². The summed E-state index contributed by atoms with van der Waals surface area (Å²) in [6.07, 6.45) is 1.83. The quantitative estimate of drug-likeness (QED) is 0.692. The Morgan fingerprint density at radius 1 is 1.12 bits per heavy atom. The number of nitrogens with one attached hydrogen (secondary N) is 2. The van der Waals surface area contributed by atoms with Gasteiger partial charge in [0, 0.05) is 13.0 Å². The molecule has 6 heteroatoms. The number of hydrogen-bond acceptors (Lipinski definition) is 4. The maximum absolute atomic E-state index is 11.9. The fourth-order valence-electron chi connectivity index (χ4n) is 2.64. The van der Waals surface area contributed by atoms with Crippen LogP contribution in [0.3, 0.4) is 0 Å². The van der Waals surface area contributed by atoms with Crippen LogP contribution in [0, 0.1) is 0 Å². The molecule has 3 aromatic rings. The van der Waals surface area contributed by atoms with Crippen molar-refractivity contribution in [3.05, 3.63) is 64.1 Å². The zero-order chi connectivity index (χ0) is 17.6. The third kappa shape index (κ3) is 4.50. The molecule has 25 heavy (non-hydrogen) atoms. The second-order valence-electron chi connectivity index (χ2n) is 5.79. The molecule has 0 atom stereocenters. The number of amides is 1. The molecule has 0 aliphatic heterocycles. The van der Waals surface area contributed by atoms with E-state index in [0.29, 0.717) is 36.9 Å². The van der Waals surface area contributed by atoms with Crippen molar-refractivity contribution in [2.24, 2.45) is 0 Å². The van der Waals surface area contributed by atoms with E-state index in [0.717, 1.165) is 16.9 Å². The summed E-state index contributed by atoms with van der Waals surface area (Å²) in [5.74, 6) is 0.372. The zero-order valence-electron chi connectivity index (χ0n) is 14.0. The molecule has 0 fully saturated rings. The van der Waals surface area contributed by atoms with Gasteiger partial charge in [0.1, 0.15) is 5.75 Å². The highest BCUT2D eigenvalue weighted by Gasteiger charge is 2.05. The van der Waals surface area contributed by atoms with E-state index >= 15 is 0 Å². The van der Waals surface area contributed by atoms with E-state index in [1.807, 2.05) is 36.4 Å². The molecule has 2 N–H and O–H groups in total. The molecule has 0 aliphatic carbocycles. The molecule has 1 aromatic heterocycles. The summed E-state index contributed by atoms with van der Waals surface area (Å²) in [5.41, 5.74) is 3.34. The maximum Gasteiger partial charge on any atom is 0.417 e. The van der Waals surface area contributed by atoms with Crippen LogP contribution in [0.1, 0.15) is 17.5 Å². The normalized spacial score (nSPS) is 10.8. The number of H-pyrrole nitrogens is 1. The number of ether oxygens (including phenoxy) is 1. The summed E-state index contributed by atoms with van der Waals surface area (Å²) >= 11 is 0. The van der Waals surface area contributed by atoms with Gasteiger partial charge in [-0.05, 0) is 48.2 Å². The van der Waals surface area contributed by atoms with E-state index in [9.17, 15) is 9.59 Å². The van der Waals surface area contributed by atoms with Gasteiger partial charge >= 0.3 is 5.76 Å². The monoisotopic (exact) mass is 340 g/mol. The van der Waals surface area contributed by atoms with Gasteiger partial charge < -0.3 is 14.5 Å². The summed E-state index contributed by atoms with van der Waals surface area (Å²) in [7, 11) is 1.63. The molecule has 3 rings (SSSR count). The van der Waals surface area contributed by atoms with Crippen LogP contribution < -0.4 is 15.8 Å². The number of aromatic nitrogens is 1. The highest BCUT2D eigenvalue weighted by atomic mass is 16.5. The van der Waals surface area contributed by atoms with E-state index < -0.39 is 5.76 Å². The Morgan fingerprint density at radius 3 is 2.64 bits per heavy atom. The molecule has 0 spiro atoms. The third-order valence-corrected chi connectivity index (χ3v) is 4.02. The summed E-state index contributed by atoms with van der Waals surface area (Å²) in [4.78, 5) is 25.7. The lowest BCUT2D eigenvalue weighted by Crippen LogP contribution is -2.25. The predicted molar refractivity (Wildman–Crippen MR) is 94.9 cm³/mol. The second kappa shape index (κ2) is 7.70. The minimum atomic E-state index is -0.459. The van der Waals surface area contributed by atoms with Gasteiger partial charge in [0.2, 0.25) is 5.91 Å². The third-order valence-electron chi connectivity index (χ3n) is 4.02. The second-order valence-corrected chi connectivity index (χ2v) is 5.79. The molecule has 1 heterocycles. The van der Waals surface area contributed by atoms with Crippen molar-refractivity contribution < 1.29 is 13.9 Å². The minimum Gasteiger partial charge on any atom is -0.497 e. The number of fused-ring (bicyclic) bond motifs is 1. The Kier molecular flexibility index (Phi) is 5.18. The number of rotatable bonds is 7. The predicted octanol–water partition coefficient (Wildman–Crippen LogP) is 2.42. The van der Waals surface area contributed by atoms with Gasteiger partial charge in [0.15, 0.2) is 5.58 Å². The van der Waals surface area contributed by atoms with Crippen LogP contribution in [-0.4, -0.2) is 24.5 Å². The van der Waals surface area contributed by atoms with Crippen LogP contribution in [0.5, 0.6) is 5.75 Å². The molecule has 6 nitrogen and oxygen atoms in total. The van der Waals surface area contributed by atoms with Gasteiger partial charge in [-0.3, -0.25) is 9.78 Å². The van der Waals surface area contributed by atoms with Gasteiger partial charge in [0.05, 0.1) is 12.6 Å². The van der Waals surface area contributed by atoms with Gasteiger partial charge in [-0.2, -0.15) is 0 Å². The van der Waals surface area contributed by atoms with Crippen LogP contribution in [0.15, 0.2) is 51.7 Å². The number of aryl methyl sites for hydroxylation is 1. The standard InChI is InChI=1S/C19H20N2O4/c1-24-15-6-2-13(3-7-15)5-9-18(22)20-11-10-14-4-8-17-16(12-14)21-19(23)25-17/h2-4,6-8,12H,5,9-11H2,1H3,(H,20,22)(H,21,23). The first kappa shape index (κ1) is 16.8. The Bertz CT molecular complexity index is 909. The molecule has 0 saturated heterocycles. The van der Waals surface area contributed by atoms with Crippen molar-refractivity contribution in [2.75, 3.05) is 13.7 Å². The maximum atomic E-state index is 11.9. The van der Waals surface area contributed by atoms with Gasteiger partial charge in [-0.1, -0.05) is 18.2 Å². The first-order valence-electron chi connectivity index (χ1n) is 8.15. The molecule has 2 aromatic carbocycles. The smallest absolute Gasteiger partial charge is 0.417 e. The molecule has 0 radical (unpaired) electrons. The van der Waals surface area contributed by atoms with Gasteiger partial charge in [0.25, 0.3) is 0 Å². The molecular weight excluding hydrogens is 320 g/mol. The molecular formula is C19H20N2O4. The van der Waals surface area contributed by atoms with E-state index in [4.69, 9.17) is 9.15 Å². The first-order valence-corrected chi connectivity index (χ1v) is 8.15. The summed E-state index contributed by atoms with van der Waals surface area (Å²) < 4.78 is 10.1. The average Bonchev–Trinajstić information content (AvgIpc) is 2.99. The number of methoxy groups -OCH3 is 1. The molecule has 0 bridgehead atoms. The van der Waals surface area contributed by atoms with Crippen LogP contribution in [0.25, 0.3) is 11.1 Å². The van der Waals surface area contributed by atoms with Crippen molar-refractivity contribution in [1.29, 1.82) is 0 Å². The minimum absolute atomic E-state index is 0.0219. The zero-order valence-corrected chi connectivity index (χ0v) is 14.0. The average molecular weight is 340 g/mol. The van der Waals surface area contributed by atoms with Crippen molar-refractivity contribution in [3.63, 3.8) is 0 Å². The van der Waals surface area contributed by atoms with Gasteiger partial charge in [-0.25, -0.2) is 4.79 Å². The molecule has 1 amide bonds. The van der Waals surface area contributed by atoms with Crippen LogP contribution in [-0.2, 0) is 17.6 Å². The fraction of sp³-hybridized carbons (Fsp3) is 0.263. The Labute approximate surface area is 144 Å². The fourth-order valence-corrected chi connectivity index (χ4v) is 2.64. The van der Waals surface area contributed by atoms with Crippen molar-refractivity contribution in [2.45, 2.75) is 19.3 Å². The molecule has 0 aliphatic rings. The van der Waals surface area contributed by atoms with E-state index in [1.54, 1.807) is 13.2 Å². The summed E-state index contributed by atoms with van der Waals surface area (Å²) in [6.45, 7) is 0.551. The van der Waals surface area contributed by atoms with Crippen LogP contribution in [0.4, 0.5) is 0 Å². The highest BCUT2D eigenvalue weighted by Crippen LogP contribution is 2.13. The number of oxazole rings is 1. The number of aromatic amines is 1. The van der Waals surface area contributed by atoms with Crippen molar-refractivity contribution in [3.8, 4) is 5.75 Å². The summed E-state index contributed by atoms with van der Waals surface area (Å²) in [5, 5.41) is 2.92. The number of benzene rings is 2. The number of carbonyl (C=O) groups excluding carboxylic acids is 1. The van der Waals surface area contributed by atoms with E-state index in [1.165, 1.54) is 0 Å². The SMILES string of the molecule is COc1ccc(CCC(=O)NCCc2ccc3oc(=O)[nH]c3c2)cc1. The van der Waals surface area contributed by atoms with E-state index in [-0.39, 0.29) is 5.91 Å². The van der Waals surface area contributed by atoms with Crippen molar-refractivity contribution in [1.82, 2.24) is 10.3 Å². The lowest BCUT2D eigenvalue weighted by Gasteiger charge is -2.06. The lowest BCUT2D eigenvalue weighted by atomic mass is 10.1. The largest absolute Gasteiger partial charge is 0.497 e. The first-order chi connectivity index (χ1) is 12.1. The Balaban J connectivity index is 1.44. The Hall–Kier alpha value is -3.02. The Morgan fingerprint density at radius 2 is 1.88 bits per heavy atom. The number of carbonyl (C=O) groups is 1. The molecule has 0 unspecified atom stereocenters. The number of hydrogen-bond donors (Lipinski definition) is 2. The van der Waals surface area contributed by atoms with Crippen LogP contribution >= 0.6 is 0 Å². The molecule has 130 valence electrons. The van der Waals surface area contributed by atoms with Gasteiger partial charge in [-0.15, -0.1) is 0 Å².